The molecule has 0 spiro atoms. The van der Waals surface area contributed by atoms with Crippen molar-refractivity contribution in [2.45, 2.75) is 6.42 Å². The van der Waals surface area contributed by atoms with Crippen molar-refractivity contribution in [3.05, 3.63) is 29.0 Å². The Kier molecular flexibility index (Phi) is 3.50. The first-order valence-electron chi connectivity index (χ1n) is 3.93. The third-order valence-corrected chi connectivity index (χ3v) is 1.85. The Morgan fingerprint density at radius 3 is 2.83 bits per heavy atom. The van der Waals surface area contributed by atoms with Crippen LogP contribution in [0.4, 0.5) is 0 Å². The van der Waals surface area contributed by atoms with Gasteiger partial charge in [-0.15, -0.1) is 0 Å². The molecule has 1 heterocycles. The van der Waals surface area contributed by atoms with E-state index in [1.54, 1.807) is 6.20 Å². The van der Waals surface area contributed by atoms with E-state index in [2.05, 4.69) is 24.0 Å². The van der Waals surface area contributed by atoms with Gasteiger partial charge in [0.05, 0.1) is 0 Å². The molecule has 0 aliphatic heterocycles. The molecule has 0 aromatic carbocycles. The van der Waals surface area contributed by atoms with Crippen molar-refractivity contribution in [2.75, 3.05) is 20.6 Å². The summed E-state index contributed by atoms with van der Waals surface area (Å²) >= 11 is 5.74. The van der Waals surface area contributed by atoms with Crippen molar-refractivity contribution < 1.29 is 0 Å². The third kappa shape index (κ3) is 3.20. The van der Waals surface area contributed by atoms with Gasteiger partial charge in [0, 0.05) is 12.7 Å². The van der Waals surface area contributed by atoms with Crippen molar-refractivity contribution >= 4 is 11.6 Å². The molecule has 66 valence electrons. The molecule has 1 aromatic rings. The standard InChI is InChI=1S/C9H13ClN2/c1-12(2)6-4-8-3-5-11-9(10)7-8/h3,5,7H,4,6H2,1-2H3. The van der Waals surface area contributed by atoms with E-state index >= 15 is 0 Å². The van der Waals surface area contributed by atoms with E-state index in [0.717, 1.165) is 13.0 Å². The van der Waals surface area contributed by atoms with Crippen LogP contribution in [0.2, 0.25) is 5.15 Å². The highest BCUT2D eigenvalue weighted by atomic mass is 35.5. The van der Waals surface area contributed by atoms with E-state index in [9.17, 15) is 0 Å². The number of hydrogen-bond donors (Lipinski definition) is 0. The van der Waals surface area contributed by atoms with Crippen LogP contribution in [0.5, 0.6) is 0 Å². The lowest BCUT2D eigenvalue weighted by molar-refractivity contribution is 0.413. The molecule has 0 amide bonds. The van der Waals surface area contributed by atoms with Crippen molar-refractivity contribution in [2.24, 2.45) is 0 Å². The summed E-state index contributed by atoms with van der Waals surface area (Å²) in [7, 11) is 4.12. The summed E-state index contributed by atoms with van der Waals surface area (Å²) in [6.07, 6.45) is 2.77. The zero-order chi connectivity index (χ0) is 8.97. The average Bonchev–Trinajstić information content (AvgIpc) is 2.01. The molecule has 0 saturated carbocycles. The Morgan fingerprint density at radius 2 is 2.25 bits per heavy atom. The molecule has 0 aliphatic carbocycles. The van der Waals surface area contributed by atoms with Gasteiger partial charge in [-0.2, -0.15) is 0 Å². The van der Waals surface area contributed by atoms with Gasteiger partial charge in [-0.3, -0.25) is 0 Å². The first-order chi connectivity index (χ1) is 5.68. The molecule has 0 N–H and O–H groups in total. The Morgan fingerprint density at radius 1 is 1.50 bits per heavy atom. The summed E-state index contributed by atoms with van der Waals surface area (Å²) in [6, 6.07) is 3.90. The zero-order valence-electron chi connectivity index (χ0n) is 7.42. The SMILES string of the molecule is CN(C)CCc1ccnc(Cl)c1. The molecule has 0 unspecified atom stereocenters. The lowest BCUT2D eigenvalue weighted by Crippen LogP contribution is -2.14. The molecule has 1 rings (SSSR count). The van der Waals surface area contributed by atoms with E-state index < -0.39 is 0 Å². The van der Waals surface area contributed by atoms with Crippen LogP contribution in [-0.2, 0) is 6.42 Å². The van der Waals surface area contributed by atoms with Crippen molar-refractivity contribution in [1.29, 1.82) is 0 Å². The van der Waals surface area contributed by atoms with Gasteiger partial charge in [0.25, 0.3) is 0 Å². The van der Waals surface area contributed by atoms with Crippen LogP contribution in [0.15, 0.2) is 18.3 Å². The Bertz CT molecular complexity index is 248. The highest BCUT2D eigenvalue weighted by Gasteiger charge is 1.95. The fourth-order valence-corrected chi connectivity index (χ4v) is 1.15. The first-order valence-corrected chi connectivity index (χ1v) is 4.31. The molecular weight excluding hydrogens is 172 g/mol. The van der Waals surface area contributed by atoms with Gasteiger partial charge in [-0.25, -0.2) is 4.98 Å². The van der Waals surface area contributed by atoms with E-state index in [4.69, 9.17) is 11.6 Å². The number of likely N-dealkylation sites (N-methyl/N-ethyl adjacent to an activating group) is 1. The van der Waals surface area contributed by atoms with Crippen molar-refractivity contribution in [1.82, 2.24) is 9.88 Å². The van der Waals surface area contributed by atoms with Crippen LogP contribution < -0.4 is 0 Å². The van der Waals surface area contributed by atoms with Crippen molar-refractivity contribution in [3.63, 3.8) is 0 Å². The second-order valence-corrected chi connectivity index (χ2v) is 3.43. The monoisotopic (exact) mass is 184 g/mol. The molecule has 0 atom stereocenters. The van der Waals surface area contributed by atoms with Crippen LogP contribution in [0.25, 0.3) is 0 Å². The van der Waals surface area contributed by atoms with Gasteiger partial charge >= 0.3 is 0 Å². The first kappa shape index (κ1) is 9.49. The van der Waals surface area contributed by atoms with E-state index in [0.29, 0.717) is 5.15 Å². The summed E-state index contributed by atoms with van der Waals surface area (Å²) in [6.45, 7) is 1.04. The second-order valence-electron chi connectivity index (χ2n) is 3.04. The van der Waals surface area contributed by atoms with E-state index in [1.807, 2.05) is 12.1 Å². The molecule has 2 nitrogen and oxygen atoms in total. The normalized spacial score (nSPS) is 10.7. The smallest absolute Gasteiger partial charge is 0.129 e. The molecule has 12 heavy (non-hydrogen) atoms. The largest absolute Gasteiger partial charge is 0.309 e. The Labute approximate surface area is 78.2 Å². The molecular formula is C9H13ClN2. The molecule has 1 aromatic heterocycles. The molecule has 0 radical (unpaired) electrons. The summed E-state index contributed by atoms with van der Waals surface area (Å²) in [5.41, 5.74) is 1.24. The van der Waals surface area contributed by atoms with Crippen LogP contribution in [0, 0.1) is 0 Å². The minimum atomic E-state index is 0.575. The summed E-state index contributed by atoms with van der Waals surface area (Å²) in [5.74, 6) is 0. The van der Waals surface area contributed by atoms with Gasteiger partial charge in [0.15, 0.2) is 0 Å². The minimum absolute atomic E-state index is 0.575. The summed E-state index contributed by atoms with van der Waals surface area (Å²) < 4.78 is 0. The third-order valence-electron chi connectivity index (χ3n) is 1.64. The van der Waals surface area contributed by atoms with Crippen LogP contribution in [0.3, 0.4) is 0 Å². The zero-order valence-corrected chi connectivity index (χ0v) is 8.17. The van der Waals surface area contributed by atoms with Gasteiger partial charge < -0.3 is 4.90 Å². The van der Waals surface area contributed by atoms with Gasteiger partial charge in [-0.05, 0) is 38.2 Å². The molecule has 0 saturated heterocycles. The van der Waals surface area contributed by atoms with Gasteiger partial charge in [0.2, 0.25) is 0 Å². The topological polar surface area (TPSA) is 16.1 Å². The summed E-state index contributed by atoms with van der Waals surface area (Å²) in [4.78, 5) is 6.07. The van der Waals surface area contributed by atoms with E-state index in [-0.39, 0.29) is 0 Å². The van der Waals surface area contributed by atoms with E-state index in [1.165, 1.54) is 5.56 Å². The number of pyridine rings is 1. The molecule has 0 fully saturated rings. The fraction of sp³-hybridized carbons (Fsp3) is 0.444. The van der Waals surface area contributed by atoms with Crippen molar-refractivity contribution in [3.8, 4) is 0 Å². The predicted octanol–water partition coefficient (Wildman–Crippen LogP) is 1.84. The average molecular weight is 185 g/mol. The second kappa shape index (κ2) is 4.43. The quantitative estimate of drug-likeness (QED) is 0.667. The summed E-state index contributed by atoms with van der Waals surface area (Å²) in [5, 5.41) is 0.575. The highest BCUT2D eigenvalue weighted by Crippen LogP contribution is 2.07. The van der Waals surface area contributed by atoms with Crippen LogP contribution >= 0.6 is 11.6 Å². The van der Waals surface area contributed by atoms with Gasteiger partial charge in [0.1, 0.15) is 5.15 Å². The maximum absolute atomic E-state index is 5.74. The Hall–Kier alpha value is -0.600. The minimum Gasteiger partial charge on any atom is -0.309 e. The predicted molar refractivity (Wildman–Crippen MR) is 51.5 cm³/mol. The maximum atomic E-state index is 5.74. The highest BCUT2D eigenvalue weighted by molar-refractivity contribution is 6.29. The number of halogens is 1. The molecule has 3 heteroatoms. The lowest BCUT2D eigenvalue weighted by Gasteiger charge is -2.08. The number of aromatic nitrogens is 1. The maximum Gasteiger partial charge on any atom is 0.129 e. The number of rotatable bonds is 3. The Balaban J connectivity index is 2.52. The fourth-order valence-electron chi connectivity index (χ4n) is 0.951. The number of hydrogen-bond acceptors (Lipinski definition) is 2. The van der Waals surface area contributed by atoms with Crippen LogP contribution in [-0.4, -0.2) is 30.5 Å². The molecule has 0 aliphatic rings. The van der Waals surface area contributed by atoms with Crippen LogP contribution in [0.1, 0.15) is 5.56 Å². The van der Waals surface area contributed by atoms with Gasteiger partial charge in [-0.1, -0.05) is 11.6 Å². The molecule has 0 bridgehead atoms. The number of nitrogens with zero attached hydrogens (tertiary/aromatic N) is 2. The lowest BCUT2D eigenvalue weighted by atomic mass is 10.2.